The van der Waals surface area contributed by atoms with E-state index in [2.05, 4.69) is 0 Å². The Hall–Kier alpha value is -5.24. The van der Waals surface area contributed by atoms with Gasteiger partial charge in [-0.25, -0.2) is 17.6 Å². The zero-order valence-electron chi connectivity index (χ0n) is 25.0. The Morgan fingerprint density at radius 1 is 0.500 bits per heavy atom. The molecular formula is C38H30F4O4. The predicted octanol–water partition coefficient (Wildman–Crippen LogP) is 10.0. The van der Waals surface area contributed by atoms with Crippen LogP contribution in [0.1, 0.15) is 37.7 Å². The first-order chi connectivity index (χ1) is 22.2. The van der Waals surface area contributed by atoms with Crippen LogP contribution in [0.25, 0.3) is 33.4 Å². The van der Waals surface area contributed by atoms with Crippen LogP contribution in [0.4, 0.5) is 17.6 Å². The van der Waals surface area contributed by atoms with Crippen molar-refractivity contribution < 1.29 is 36.6 Å². The number of hydrogen-bond acceptors (Lipinski definition) is 4. The largest absolute Gasteiger partial charge is 0.426 e. The highest BCUT2D eigenvalue weighted by Crippen LogP contribution is 2.31. The van der Waals surface area contributed by atoms with E-state index in [1.165, 1.54) is 54.6 Å². The second-order valence-corrected chi connectivity index (χ2v) is 10.9. The molecule has 0 fully saturated rings. The molecule has 0 bridgehead atoms. The molecule has 0 amide bonds. The van der Waals surface area contributed by atoms with Crippen molar-refractivity contribution in [3.63, 3.8) is 0 Å². The number of halogens is 4. The Kier molecular flexibility index (Phi) is 10.3. The van der Waals surface area contributed by atoms with Crippen LogP contribution in [0.15, 0.2) is 103 Å². The molecule has 0 saturated heterocycles. The van der Waals surface area contributed by atoms with Crippen molar-refractivity contribution in [1.82, 2.24) is 0 Å². The van der Waals surface area contributed by atoms with Crippen LogP contribution in [-0.2, 0) is 9.59 Å². The number of ether oxygens (including phenoxy) is 2. The topological polar surface area (TPSA) is 52.6 Å². The summed E-state index contributed by atoms with van der Waals surface area (Å²) in [4.78, 5) is 24.5. The molecule has 0 N–H and O–H groups in total. The van der Waals surface area contributed by atoms with Gasteiger partial charge in [0.05, 0.1) is 0 Å². The molecule has 0 aliphatic carbocycles. The summed E-state index contributed by atoms with van der Waals surface area (Å²) >= 11 is 0. The minimum absolute atomic E-state index is 0.0317. The van der Waals surface area contributed by atoms with Gasteiger partial charge < -0.3 is 9.47 Å². The van der Waals surface area contributed by atoms with Gasteiger partial charge in [0.1, 0.15) is 34.8 Å². The van der Waals surface area contributed by atoms with Crippen molar-refractivity contribution >= 4 is 11.9 Å². The Bertz CT molecular complexity index is 1850. The van der Waals surface area contributed by atoms with E-state index < -0.39 is 35.2 Å². The molecule has 0 aliphatic heterocycles. The Morgan fingerprint density at radius 2 is 0.913 bits per heavy atom. The monoisotopic (exact) mass is 626 g/mol. The maximum Gasteiger partial charge on any atom is 0.311 e. The normalized spacial score (nSPS) is 10.9. The quantitative estimate of drug-likeness (QED) is 0.0634. The number of esters is 2. The number of rotatable bonds is 11. The van der Waals surface area contributed by atoms with E-state index in [0.717, 1.165) is 23.3 Å². The molecule has 0 spiro atoms. The third-order valence-corrected chi connectivity index (χ3v) is 7.40. The van der Waals surface area contributed by atoms with E-state index in [4.69, 9.17) is 9.47 Å². The van der Waals surface area contributed by atoms with Crippen molar-refractivity contribution in [1.29, 1.82) is 0 Å². The van der Waals surface area contributed by atoms with Gasteiger partial charge in [0.25, 0.3) is 0 Å². The number of aryl methyl sites for hydroxylation is 1. The summed E-state index contributed by atoms with van der Waals surface area (Å²) in [7, 11) is 0. The first-order valence-corrected chi connectivity index (χ1v) is 14.8. The molecular weight excluding hydrogens is 596 g/mol. The molecule has 0 atom stereocenters. The molecule has 46 heavy (non-hydrogen) atoms. The lowest BCUT2D eigenvalue weighted by molar-refractivity contribution is -0.134. The van der Waals surface area contributed by atoms with Crippen molar-refractivity contribution in [2.24, 2.45) is 0 Å². The molecule has 0 heterocycles. The van der Waals surface area contributed by atoms with Crippen molar-refractivity contribution in [2.75, 3.05) is 0 Å². The number of carbonyl (C=O) groups excluding carboxylic acids is 2. The minimum Gasteiger partial charge on any atom is -0.426 e. The van der Waals surface area contributed by atoms with E-state index >= 15 is 0 Å². The lowest BCUT2D eigenvalue weighted by Crippen LogP contribution is -2.09. The molecule has 5 aromatic carbocycles. The van der Waals surface area contributed by atoms with Gasteiger partial charge in [-0.05, 0) is 78.9 Å². The van der Waals surface area contributed by atoms with E-state index in [1.54, 1.807) is 12.1 Å². The van der Waals surface area contributed by atoms with Crippen LogP contribution in [-0.4, -0.2) is 11.9 Å². The smallest absolute Gasteiger partial charge is 0.311 e. The van der Waals surface area contributed by atoms with Crippen LogP contribution in [0.3, 0.4) is 0 Å². The van der Waals surface area contributed by atoms with Gasteiger partial charge in [0.15, 0.2) is 0 Å². The van der Waals surface area contributed by atoms with Crippen LogP contribution < -0.4 is 9.47 Å². The summed E-state index contributed by atoms with van der Waals surface area (Å²) in [6, 6.07) is 25.3. The molecule has 234 valence electrons. The molecule has 8 heteroatoms. The standard InChI is InChI=1S/C38H30F4O4/c1-24-7-9-25(10-8-24)31-18-13-27(21-34(31)40)33-20-17-30(23-36(33)42)46-38(44)6-4-2-3-5-37(43)45-29-16-19-32(35(41)22-29)26-11-14-28(39)15-12-26/h7-23H,2-6H2,1H3. The third-order valence-electron chi connectivity index (χ3n) is 7.40. The average molecular weight is 627 g/mol. The average Bonchev–Trinajstić information content (AvgIpc) is 3.02. The highest BCUT2D eigenvalue weighted by Gasteiger charge is 2.14. The fraction of sp³-hybridized carbons (Fsp3) is 0.158. The van der Waals surface area contributed by atoms with Crippen LogP contribution in [0.5, 0.6) is 11.5 Å². The molecule has 4 nitrogen and oxygen atoms in total. The van der Waals surface area contributed by atoms with Gasteiger partial charge in [-0.2, -0.15) is 0 Å². The zero-order chi connectivity index (χ0) is 32.6. The molecule has 0 aliphatic rings. The van der Waals surface area contributed by atoms with Crippen LogP contribution in [0, 0.1) is 30.2 Å². The summed E-state index contributed by atoms with van der Waals surface area (Å²) in [6.07, 6.45) is 1.51. The summed E-state index contributed by atoms with van der Waals surface area (Å²) in [5, 5.41) is 0. The number of carbonyl (C=O) groups is 2. The van der Waals surface area contributed by atoms with Crippen molar-refractivity contribution in [3.05, 3.63) is 132 Å². The van der Waals surface area contributed by atoms with Crippen LogP contribution >= 0.6 is 0 Å². The van der Waals surface area contributed by atoms with E-state index in [1.807, 2.05) is 31.2 Å². The molecule has 0 radical (unpaired) electrons. The minimum atomic E-state index is -0.656. The van der Waals surface area contributed by atoms with Gasteiger partial charge in [-0.1, -0.05) is 60.5 Å². The summed E-state index contributed by atoms with van der Waals surface area (Å²) in [5.74, 6) is -3.18. The Morgan fingerprint density at radius 3 is 1.39 bits per heavy atom. The molecule has 0 unspecified atom stereocenters. The molecule has 5 aromatic rings. The maximum absolute atomic E-state index is 14.9. The van der Waals surface area contributed by atoms with Crippen molar-refractivity contribution in [2.45, 2.75) is 39.0 Å². The van der Waals surface area contributed by atoms with Gasteiger partial charge >= 0.3 is 11.9 Å². The SMILES string of the molecule is Cc1ccc(-c2ccc(-c3ccc(OC(=O)CCCCCC(=O)Oc4ccc(-c5ccc(F)cc5)c(F)c4)cc3F)cc2F)cc1. The molecule has 5 rings (SSSR count). The first-order valence-electron chi connectivity index (χ1n) is 14.8. The van der Waals surface area contributed by atoms with Crippen LogP contribution in [0.2, 0.25) is 0 Å². The van der Waals surface area contributed by atoms with E-state index in [9.17, 15) is 27.2 Å². The highest BCUT2D eigenvalue weighted by molar-refractivity contribution is 5.75. The molecule has 0 saturated carbocycles. The third kappa shape index (κ3) is 8.27. The van der Waals surface area contributed by atoms with Gasteiger partial charge in [-0.3, -0.25) is 9.59 Å². The number of hydrogen-bond donors (Lipinski definition) is 0. The second-order valence-electron chi connectivity index (χ2n) is 10.9. The van der Waals surface area contributed by atoms with Crippen molar-refractivity contribution in [3.8, 4) is 44.9 Å². The second kappa shape index (κ2) is 14.7. The predicted molar refractivity (Wildman–Crippen MR) is 168 cm³/mol. The number of unbranched alkanes of at least 4 members (excludes halogenated alkanes) is 2. The van der Waals surface area contributed by atoms with Gasteiger partial charge in [-0.15, -0.1) is 0 Å². The highest BCUT2D eigenvalue weighted by atomic mass is 19.1. The lowest BCUT2D eigenvalue weighted by Gasteiger charge is -2.10. The number of benzene rings is 5. The van der Waals surface area contributed by atoms with Gasteiger partial charge in [0, 0.05) is 41.7 Å². The first kappa shape index (κ1) is 32.2. The fourth-order valence-electron chi connectivity index (χ4n) is 4.95. The summed E-state index contributed by atoms with van der Waals surface area (Å²) in [6.45, 7) is 1.95. The van der Waals surface area contributed by atoms with E-state index in [-0.39, 0.29) is 35.5 Å². The van der Waals surface area contributed by atoms with E-state index in [0.29, 0.717) is 36.0 Å². The maximum atomic E-state index is 14.9. The Balaban J connectivity index is 1.05. The van der Waals surface area contributed by atoms with Gasteiger partial charge in [0.2, 0.25) is 0 Å². The molecule has 0 aromatic heterocycles. The Labute approximate surface area is 264 Å². The summed E-state index contributed by atoms with van der Waals surface area (Å²) in [5.41, 5.74) is 3.47. The zero-order valence-corrected chi connectivity index (χ0v) is 25.0. The summed E-state index contributed by atoms with van der Waals surface area (Å²) < 4.78 is 67.9. The fourth-order valence-corrected chi connectivity index (χ4v) is 4.95. The lowest BCUT2D eigenvalue weighted by atomic mass is 9.98.